The van der Waals surface area contributed by atoms with Crippen LogP contribution in [-0.4, -0.2) is 36.3 Å². The van der Waals surface area contributed by atoms with Crippen LogP contribution in [0.2, 0.25) is 0 Å². The second-order valence-electron chi connectivity index (χ2n) is 5.27. The summed E-state index contributed by atoms with van der Waals surface area (Å²) in [6.45, 7) is 0. The molecule has 0 aliphatic heterocycles. The van der Waals surface area contributed by atoms with E-state index in [0.29, 0.717) is 24.3 Å². The van der Waals surface area contributed by atoms with Crippen LogP contribution in [0.3, 0.4) is 0 Å². The van der Waals surface area contributed by atoms with E-state index in [1.807, 2.05) is 0 Å². The fourth-order valence-electron chi connectivity index (χ4n) is 2.04. The van der Waals surface area contributed by atoms with E-state index in [4.69, 9.17) is 16.0 Å². The fraction of sp³-hybridized carbons (Fsp3) is 0. The van der Waals surface area contributed by atoms with Gasteiger partial charge in [-0.2, -0.15) is 16.8 Å². The first-order valence-electron chi connectivity index (χ1n) is 6.92. The molecule has 0 heterocycles. The van der Waals surface area contributed by atoms with Gasteiger partial charge in [-0.3, -0.25) is 24.8 Å². The molecule has 2 rings (SSSR count). The third kappa shape index (κ3) is 4.25. The van der Waals surface area contributed by atoms with Gasteiger partial charge in [0.15, 0.2) is 0 Å². The van der Waals surface area contributed by atoms with Gasteiger partial charge in [0.2, 0.25) is 11.5 Å². The predicted octanol–water partition coefficient (Wildman–Crippen LogP) is 0.387. The van der Waals surface area contributed by atoms with E-state index in [1.165, 1.54) is 0 Å². The Morgan fingerprint density at radius 3 is 1.83 bits per heavy atom. The zero-order chi connectivity index (χ0) is 22.3. The van der Waals surface area contributed by atoms with E-state index in [0.717, 1.165) is 0 Å². The average molecular weight is 450 g/mol. The Balaban J connectivity index is 2.68. The quantitative estimate of drug-likeness (QED) is 0.116. The normalized spacial score (nSPS) is 11.8. The molecule has 0 amide bonds. The van der Waals surface area contributed by atoms with E-state index >= 15 is 0 Å². The molecule has 0 spiro atoms. The molecule has 0 atom stereocenters. The van der Waals surface area contributed by atoms with Gasteiger partial charge in [0.05, 0.1) is 21.2 Å². The number of aromatic hydroxyl groups is 1. The highest BCUT2D eigenvalue weighted by Crippen LogP contribution is 2.40. The number of anilines is 2. The lowest BCUT2D eigenvalue weighted by molar-refractivity contribution is -0.386. The Kier molecular flexibility index (Phi) is 5.24. The van der Waals surface area contributed by atoms with Gasteiger partial charge in [0, 0.05) is 12.1 Å². The van der Waals surface area contributed by atoms with Crippen LogP contribution in [-0.2, 0) is 20.2 Å². The average Bonchev–Trinajstić information content (AvgIpc) is 2.56. The van der Waals surface area contributed by atoms with Crippen molar-refractivity contribution in [3.05, 3.63) is 44.5 Å². The van der Waals surface area contributed by atoms with Gasteiger partial charge in [-0.25, -0.2) is 0 Å². The SMILES string of the molecule is Nc1cc(S(=O)(=O)Oc2c(N)cc(S(=O)(=O)O)cc2[N+](=O)[O-])cc([N+](=O)[O-])c1O. The van der Waals surface area contributed by atoms with Crippen molar-refractivity contribution in [1.29, 1.82) is 0 Å². The molecule has 0 unspecified atom stereocenters. The summed E-state index contributed by atoms with van der Waals surface area (Å²) in [5.74, 6) is -2.13. The number of hydrogen-bond acceptors (Lipinski definition) is 12. The molecule has 6 N–H and O–H groups in total. The molecular weight excluding hydrogens is 440 g/mol. The highest BCUT2D eigenvalue weighted by molar-refractivity contribution is 7.87. The third-order valence-electron chi connectivity index (χ3n) is 3.34. The van der Waals surface area contributed by atoms with Crippen molar-refractivity contribution >= 4 is 43.0 Å². The summed E-state index contributed by atoms with van der Waals surface area (Å²) in [5, 5.41) is 31.6. The van der Waals surface area contributed by atoms with E-state index in [2.05, 4.69) is 4.18 Å². The van der Waals surface area contributed by atoms with Crippen LogP contribution in [0.1, 0.15) is 0 Å². The van der Waals surface area contributed by atoms with Gasteiger partial charge in [-0.1, -0.05) is 0 Å². The van der Waals surface area contributed by atoms with Gasteiger partial charge >= 0.3 is 21.5 Å². The molecule has 29 heavy (non-hydrogen) atoms. The lowest BCUT2D eigenvalue weighted by Gasteiger charge is -2.11. The first-order valence-corrected chi connectivity index (χ1v) is 9.76. The first-order chi connectivity index (χ1) is 13.1. The van der Waals surface area contributed by atoms with Crippen LogP contribution >= 0.6 is 0 Å². The van der Waals surface area contributed by atoms with Crippen LogP contribution in [0.25, 0.3) is 0 Å². The number of hydrogen-bond donors (Lipinski definition) is 4. The van der Waals surface area contributed by atoms with Gasteiger partial charge in [0.25, 0.3) is 10.1 Å². The smallest absolute Gasteiger partial charge is 0.339 e. The number of nitrogens with two attached hydrogens (primary N) is 2. The van der Waals surface area contributed by atoms with Gasteiger partial charge in [-0.05, 0) is 12.1 Å². The Morgan fingerprint density at radius 2 is 1.34 bits per heavy atom. The largest absolute Gasteiger partial charge is 0.501 e. The lowest BCUT2D eigenvalue weighted by atomic mass is 10.2. The van der Waals surface area contributed by atoms with Crippen LogP contribution in [0.4, 0.5) is 22.7 Å². The summed E-state index contributed by atoms with van der Waals surface area (Å²) in [4.78, 5) is 17.8. The molecule has 2 aromatic carbocycles. The minimum atomic E-state index is -5.03. The predicted molar refractivity (Wildman–Crippen MR) is 94.3 cm³/mol. The summed E-state index contributed by atoms with van der Waals surface area (Å²) in [7, 11) is -9.96. The molecule has 156 valence electrons. The van der Waals surface area contributed by atoms with Crippen LogP contribution < -0.4 is 15.7 Å². The van der Waals surface area contributed by atoms with Gasteiger partial charge < -0.3 is 20.8 Å². The topological polar surface area (TPSA) is 256 Å². The van der Waals surface area contributed by atoms with Crippen molar-refractivity contribution in [2.24, 2.45) is 0 Å². The van der Waals surface area contributed by atoms with Crippen molar-refractivity contribution in [1.82, 2.24) is 0 Å². The molecule has 17 heteroatoms. The number of rotatable bonds is 6. The number of nitro benzene ring substituents is 2. The fourth-order valence-corrected chi connectivity index (χ4v) is 3.60. The zero-order valence-electron chi connectivity index (χ0n) is 13.7. The number of phenolic OH excluding ortho intramolecular Hbond substituents is 1. The minimum Gasteiger partial charge on any atom is -0.501 e. The van der Waals surface area contributed by atoms with Crippen molar-refractivity contribution < 1.29 is 40.5 Å². The zero-order valence-corrected chi connectivity index (χ0v) is 15.4. The molecule has 0 aliphatic rings. The summed E-state index contributed by atoms with van der Waals surface area (Å²) in [6.07, 6.45) is 0. The minimum absolute atomic E-state index is 0.296. The number of nitrogen functional groups attached to an aromatic ring is 2. The molecule has 0 aromatic heterocycles. The highest BCUT2D eigenvalue weighted by atomic mass is 32.2. The Bertz CT molecular complexity index is 1260. The molecule has 0 radical (unpaired) electrons. The van der Waals surface area contributed by atoms with Gasteiger partial charge in [0.1, 0.15) is 9.79 Å². The number of benzene rings is 2. The van der Waals surface area contributed by atoms with Crippen molar-refractivity contribution in [2.75, 3.05) is 11.5 Å². The molecular formula is C12H10N4O11S2. The maximum Gasteiger partial charge on any atom is 0.339 e. The summed E-state index contributed by atoms with van der Waals surface area (Å²) >= 11 is 0. The molecule has 0 saturated heterocycles. The summed E-state index contributed by atoms with van der Waals surface area (Å²) in [5.41, 5.74) is 6.88. The van der Waals surface area contributed by atoms with E-state index in [9.17, 15) is 42.2 Å². The Hall–Kier alpha value is -3.70. The maximum atomic E-state index is 12.4. The van der Waals surface area contributed by atoms with E-state index in [1.54, 1.807) is 0 Å². The van der Waals surface area contributed by atoms with Crippen molar-refractivity contribution in [3.63, 3.8) is 0 Å². The molecule has 0 fully saturated rings. The standard InChI is InChI=1S/C12H10N4O11S2/c13-7-2-6(4-9(11(7)17)15(18)19)29(25,26)27-12-8(14)1-5(28(22,23)24)3-10(12)16(20)21/h1-4,17H,13-14H2,(H,22,23,24). The van der Waals surface area contributed by atoms with Crippen molar-refractivity contribution in [2.45, 2.75) is 9.79 Å². The number of phenols is 1. The summed E-state index contributed by atoms with van der Waals surface area (Å²) in [6, 6.07) is 1.77. The van der Waals surface area contributed by atoms with E-state index < -0.39 is 74.1 Å². The summed E-state index contributed by atoms with van der Waals surface area (Å²) < 4.78 is 60.7. The Labute approximate surface area is 161 Å². The first kappa shape index (κ1) is 21.6. The van der Waals surface area contributed by atoms with Crippen molar-refractivity contribution in [3.8, 4) is 11.5 Å². The molecule has 0 bridgehead atoms. The maximum absolute atomic E-state index is 12.4. The number of nitro groups is 2. The second-order valence-corrected chi connectivity index (χ2v) is 8.24. The van der Waals surface area contributed by atoms with E-state index in [-0.39, 0.29) is 0 Å². The van der Waals surface area contributed by atoms with Crippen LogP contribution in [0, 0.1) is 20.2 Å². The highest BCUT2D eigenvalue weighted by Gasteiger charge is 2.31. The van der Waals surface area contributed by atoms with Gasteiger partial charge in [-0.15, -0.1) is 0 Å². The van der Waals surface area contributed by atoms with Crippen LogP contribution in [0.15, 0.2) is 34.1 Å². The van der Waals surface area contributed by atoms with Crippen LogP contribution in [0.5, 0.6) is 11.5 Å². The molecule has 0 saturated carbocycles. The Morgan fingerprint density at radius 1 is 0.862 bits per heavy atom. The number of nitrogens with zero attached hydrogens (tertiary/aromatic N) is 2. The monoisotopic (exact) mass is 450 g/mol. The second kappa shape index (κ2) is 7.04. The molecule has 0 aliphatic carbocycles. The molecule has 15 nitrogen and oxygen atoms in total. The molecule has 2 aromatic rings. The lowest BCUT2D eigenvalue weighted by Crippen LogP contribution is -2.14. The third-order valence-corrected chi connectivity index (χ3v) is 5.37.